The zero-order valence-electron chi connectivity index (χ0n) is 11.1. The summed E-state index contributed by atoms with van der Waals surface area (Å²) in [6.45, 7) is 0.786. The number of carbonyl (C=O) groups excluding carboxylic acids is 1. The number of nitrogens with two attached hydrogens (primary N) is 1. The van der Waals surface area contributed by atoms with Gasteiger partial charge in [0.1, 0.15) is 0 Å². The van der Waals surface area contributed by atoms with Gasteiger partial charge < -0.3 is 11.1 Å². The van der Waals surface area contributed by atoms with E-state index in [1.165, 1.54) is 11.1 Å². The van der Waals surface area contributed by atoms with Crippen LogP contribution in [0.1, 0.15) is 30.0 Å². The Morgan fingerprint density at radius 3 is 3.06 bits per heavy atom. The summed E-state index contributed by atoms with van der Waals surface area (Å²) in [7, 11) is 3.76. The molecule has 1 amide bonds. The fourth-order valence-electron chi connectivity index (χ4n) is 2.63. The molecule has 0 aliphatic heterocycles. The first-order valence-electron chi connectivity index (χ1n) is 6.41. The van der Waals surface area contributed by atoms with Crippen molar-refractivity contribution in [2.45, 2.75) is 25.3 Å². The largest absolute Gasteiger partial charge is 0.399 e. The number of benzene rings is 1. The minimum Gasteiger partial charge on any atom is -0.399 e. The van der Waals surface area contributed by atoms with Crippen molar-refractivity contribution >= 4 is 11.6 Å². The van der Waals surface area contributed by atoms with Gasteiger partial charge in [-0.1, -0.05) is 6.07 Å². The third kappa shape index (κ3) is 2.64. The molecule has 0 bridgehead atoms. The third-order valence-electron chi connectivity index (χ3n) is 3.72. The molecule has 3 N–H and O–H groups in total. The summed E-state index contributed by atoms with van der Waals surface area (Å²) in [5.41, 5.74) is 9.36. The standard InChI is InChI=1S/C14H21N3O/c1-16-14(18)7-8-17(2)13-6-3-10-9-11(15)4-5-12(10)13/h4-5,9,13H,3,6-8,15H2,1-2H3,(H,16,18). The number of amides is 1. The first kappa shape index (κ1) is 12.9. The molecule has 4 nitrogen and oxygen atoms in total. The van der Waals surface area contributed by atoms with E-state index in [0.717, 1.165) is 25.1 Å². The quantitative estimate of drug-likeness (QED) is 0.789. The number of fused-ring (bicyclic) bond motifs is 1. The van der Waals surface area contributed by atoms with E-state index in [0.29, 0.717) is 12.5 Å². The topological polar surface area (TPSA) is 58.4 Å². The molecule has 1 aromatic rings. The Morgan fingerprint density at radius 1 is 1.56 bits per heavy atom. The Labute approximate surface area is 108 Å². The van der Waals surface area contributed by atoms with E-state index in [1.807, 2.05) is 6.07 Å². The van der Waals surface area contributed by atoms with Gasteiger partial charge in [-0.05, 0) is 43.1 Å². The highest BCUT2D eigenvalue weighted by Crippen LogP contribution is 2.35. The molecule has 0 saturated carbocycles. The molecule has 18 heavy (non-hydrogen) atoms. The van der Waals surface area contributed by atoms with Crippen LogP contribution in [0.25, 0.3) is 0 Å². The van der Waals surface area contributed by atoms with Crippen molar-refractivity contribution in [3.8, 4) is 0 Å². The minimum atomic E-state index is 0.0948. The fraction of sp³-hybridized carbons (Fsp3) is 0.500. The molecule has 4 heteroatoms. The minimum absolute atomic E-state index is 0.0948. The van der Waals surface area contributed by atoms with Gasteiger partial charge in [-0.2, -0.15) is 0 Å². The Morgan fingerprint density at radius 2 is 2.33 bits per heavy atom. The zero-order valence-corrected chi connectivity index (χ0v) is 11.1. The molecule has 1 aromatic carbocycles. The lowest BCUT2D eigenvalue weighted by molar-refractivity contribution is -0.121. The first-order valence-corrected chi connectivity index (χ1v) is 6.41. The van der Waals surface area contributed by atoms with Gasteiger partial charge in [-0.15, -0.1) is 0 Å². The highest BCUT2D eigenvalue weighted by molar-refractivity contribution is 5.75. The van der Waals surface area contributed by atoms with Crippen LogP contribution in [-0.4, -0.2) is 31.4 Å². The van der Waals surface area contributed by atoms with Crippen molar-refractivity contribution < 1.29 is 4.79 Å². The summed E-state index contributed by atoms with van der Waals surface area (Å²) in [6.07, 6.45) is 2.74. The molecule has 1 aliphatic carbocycles. The van der Waals surface area contributed by atoms with Crippen molar-refractivity contribution in [1.82, 2.24) is 10.2 Å². The highest BCUT2D eigenvalue weighted by atomic mass is 16.1. The SMILES string of the molecule is CNC(=O)CCN(C)C1CCc2cc(N)ccc21. The van der Waals surface area contributed by atoms with Gasteiger partial charge in [-0.3, -0.25) is 9.69 Å². The summed E-state index contributed by atoms with van der Waals surface area (Å²) < 4.78 is 0. The summed E-state index contributed by atoms with van der Waals surface area (Å²) in [5.74, 6) is 0.0948. The molecule has 1 atom stereocenters. The lowest BCUT2D eigenvalue weighted by atomic mass is 10.1. The van der Waals surface area contributed by atoms with Gasteiger partial charge in [0, 0.05) is 31.7 Å². The van der Waals surface area contributed by atoms with Crippen LogP contribution < -0.4 is 11.1 Å². The van der Waals surface area contributed by atoms with Gasteiger partial charge in [0.05, 0.1) is 0 Å². The van der Waals surface area contributed by atoms with Crippen molar-refractivity contribution in [1.29, 1.82) is 0 Å². The summed E-state index contributed by atoms with van der Waals surface area (Å²) in [4.78, 5) is 13.5. The van der Waals surface area contributed by atoms with Crippen LogP contribution in [0.4, 0.5) is 5.69 Å². The van der Waals surface area contributed by atoms with E-state index in [9.17, 15) is 4.79 Å². The second-order valence-corrected chi connectivity index (χ2v) is 4.92. The van der Waals surface area contributed by atoms with Crippen LogP contribution in [0.3, 0.4) is 0 Å². The van der Waals surface area contributed by atoms with Crippen molar-refractivity contribution in [2.24, 2.45) is 0 Å². The molecule has 1 aliphatic rings. The Bertz CT molecular complexity index is 445. The fourth-order valence-corrected chi connectivity index (χ4v) is 2.63. The van der Waals surface area contributed by atoms with E-state index in [4.69, 9.17) is 5.73 Å². The molecular weight excluding hydrogens is 226 g/mol. The van der Waals surface area contributed by atoms with E-state index >= 15 is 0 Å². The summed E-state index contributed by atoms with van der Waals surface area (Å²) in [6, 6.07) is 6.58. The molecule has 98 valence electrons. The number of carbonyl (C=O) groups is 1. The predicted molar refractivity (Wildman–Crippen MR) is 73.2 cm³/mol. The molecule has 0 spiro atoms. The Balaban J connectivity index is 2.02. The maximum atomic E-state index is 11.3. The average molecular weight is 247 g/mol. The number of hydrogen-bond acceptors (Lipinski definition) is 3. The number of nitrogen functional groups attached to an aromatic ring is 1. The Hall–Kier alpha value is -1.55. The van der Waals surface area contributed by atoms with Gasteiger partial charge in [0.2, 0.25) is 5.91 Å². The van der Waals surface area contributed by atoms with E-state index in [2.05, 4.69) is 29.4 Å². The number of rotatable bonds is 4. The monoisotopic (exact) mass is 247 g/mol. The number of hydrogen-bond donors (Lipinski definition) is 2. The van der Waals surface area contributed by atoms with Crippen LogP contribution in [-0.2, 0) is 11.2 Å². The zero-order chi connectivity index (χ0) is 13.1. The highest BCUT2D eigenvalue weighted by Gasteiger charge is 2.25. The van der Waals surface area contributed by atoms with Crippen molar-refractivity contribution in [2.75, 3.05) is 26.4 Å². The lowest BCUT2D eigenvalue weighted by Crippen LogP contribution is -2.28. The molecule has 0 heterocycles. The number of aryl methyl sites for hydroxylation is 1. The predicted octanol–water partition coefficient (Wildman–Crippen LogP) is 1.32. The van der Waals surface area contributed by atoms with E-state index in [1.54, 1.807) is 7.05 Å². The molecule has 0 radical (unpaired) electrons. The van der Waals surface area contributed by atoms with Gasteiger partial charge in [0.15, 0.2) is 0 Å². The molecule has 0 fully saturated rings. The summed E-state index contributed by atoms with van der Waals surface area (Å²) in [5, 5.41) is 2.66. The van der Waals surface area contributed by atoms with Crippen LogP contribution in [0, 0.1) is 0 Å². The van der Waals surface area contributed by atoms with Crippen LogP contribution in [0.2, 0.25) is 0 Å². The molecule has 2 rings (SSSR count). The maximum Gasteiger partial charge on any atom is 0.221 e. The van der Waals surface area contributed by atoms with Gasteiger partial charge in [0.25, 0.3) is 0 Å². The number of nitrogens with one attached hydrogen (secondary N) is 1. The second kappa shape index (κ2) is 5.40. The van der Waals surface area contributed by atoms with Crippen LogP contribution in [0.5, 0.6) is 0 Å². The lowest BCUT2D eigenvalue weighted by Gasteiger charge is -2.24. The number of anilines is 1. The number of nitrogens with zero attached hydrogens (tertiary/aromatic N) is 1. The first-order chi connectivity index (χ1) is 8.61. The summed E-state index contributed by atoms with van der Waals surface area (Å²) >= 11 is 0. The van der Waals surface area contributed by atoms with Crippen molar-refractivity contribution in [3.05, 3.63) is 29.3 Å². The van der Waals surface area contributed by atoms with Gasteiger partial charge in [-0.25, -0.2) is 0 Å². The van der Waals surface area contributed by atoms with E-state index < -0.39 is 0 Å². The van der Waals surface area contributed by atoms with Crippen molar-refractivity contribution in [3.63, 3.8) is 0 Å². The van der Waals surface area contributed by atoms with E-state index in [-0.39, 0.29) is 5.91 Å². The maximum absolute atomic E-state index is 11.3. The van der Waals surface area contributed by atoms with Gasteiger partial charge >= 0.3 is 0 Å². The smallest absolute Gasteiger partial charge is 0.221 e. The Kier molecular flexibility index (Phi) is 3.87. The molecule has 0 saturated heterocycles. The second-order valence-electron chi connectivity index (χ2n) is 4.92. The normalized spacial score (nSPS) is 17.8. The molecular formula is C14H21N3O. The average Bonchev–Trinajstić information content (AvgIpc) is 2.78. The third-order valence-corrected chi connectivity index (χ3v) is 3.72. The molecule has 0 aromatic heterocycles. The van der Waals surface area contributed by atoms with Crippen LogP contribution >= 0.6 is 0 Å². The van der Waals surface area contributed by atoms with Crippen LogP contribution in [0.15, 0.2) is 18.2 Å². The molecule has 1 unspecified atom stereocenters.